The van der Waals surface area contributed by atoms with Gasteiger partial charge in [0.05, 0.1) is 0 Å². The number of imide groups is 1. The summed E-state index contributed by atoms with van der Waals surface area (Å²) in [6.07, 6.45) is 7.47. The SMILES string of the molecule is CC1CC2C(CN1)CC(C1CC(NC(=O)NC(=O)C3CCCC(NO)C3)CCC1C)C(=O)N2C. The molecule has 0 aromatic carbocycles. The van der Waals surface area contributed by atoms with Crippen LogP contribution in [0.3, 0.4) is 0 Å². The number of hydrogen-bond donors (Lipinski definition) is 5. The van der Waals surface area contributed by atoms with Crippen molar-refractivity contribution in [1.29, 1.82) is 0 Å². The highest BCUT2D eigenvalue weighted by Crippen LogP contribution is 2.43. The number of hydroxylamine groups is 1. The zero-order chi connectivity index (χ0) is 24.4. The smallest absolute Gasteiger partial charge is 0.321 e. The molecule has 9 atom stereocenters. The Hall–Kier alpha value is -1.71. The fourth-order valence-electron chi connectivity index (χ4n) is 7.08. The van der Waals surface area contributed by atoms with E-state index in [0.717, 1.165) is 57.9 Å². The number of hydrogen-bond acceptors (Lipinski definition) is 6. The Balaban J connectivity index is 1.32. The second-order valence-electron chi connectivity index (χ2n) is 11.5. The average Bonchev–Trinajstić information content (AvgIpc) is 2.83. The minimum Gasteiger partial charge on any atom is -0.342 e. The normalized spacial score (nSPS) is 40.9. The summed E-state index contributed by atoms with van der Waals surface area (Å²) in [6, 6.07) is 0.190. The lowest BCUT2D eigenvalue weighted by Gasteiger charge is -2.50. The Bertz CT molecular complexity index is 764. The summed E-state index contributed by atoms with van der Waals surface area (Å²) in [4.78, 5) is 40.6. The molecule has 4 fully saturated rings. The minimum absolute atomic E-state index is 0.00379. The van der Waals surface area contributed by atoms with Crippen LogP contribution in [0.4, 0.5) is 4.79 Å². The number of urea groups is 1. The van der Waals surface area contributed by atoms with E-state index >= 15 is 0 Å². The van der Waals surface area contributed by atoms with E-state index in [1.54, 1.807) is 0 Å². The largest absolute Gasteiger partial charge is 0.342 e. The van der Waals surface area contributed by atoms with Crippen LogP contribution >= 0.6 is 0 Å². The van der Waals surface area contributed by atoms with Crippen molar-refractivity contribution in [3.8, 4) is 0 Å². The van der Waals surface area contributed by atoms with Crippen LogP contribution in [0.1, 0.15) is 71.6 Å². The summed E-state index contributed by atoms with van der Waals surface area (Å²) in [6.45, 7) is 5.38. The van der Waals surface area contributed by atoms with Crippen LogP contribution in [0, 0.1) is 29.6 Å². The van der Waals surface area contributed by atoms with Crippen LogP contribution in [0.15, 0.2) is 0 Å². The molecule has 2 saturated heterocycles. The van der Waals surface area contributed by atoms with Gasteiger partial charge < -0.3 is 20.7 Å². The van der Waals surface area contributed by atoms with Gasteiger partial charge in [0.1, 0.15) is 0 Å². The predicted molar refractivity (Wildman–Crippen MR) is 128 cm³/mol. The standard InChI is InChI=1S/C25H43N5O4/c1-14-7-8-18(27-25(33)28-23(31)16-5-4-6-19(10-16)29-34)12-20(14)21-11-17-13-26-15(2)9-22(17)30(3)24(21)32/h14-22,26,29,34H,4-13H2,1-3H3,(H2,27,28,31,33). The van der Waals surface area contributed by atoms with Crippen molar-refractivity contribution in [2.24, 2.45) is 29.6 Å². The van der Waals surface area contributed by atoms with Crippen LogP contribution in [0.25, 0.3) is 0 Å². The molecule has 4 aliphatic rings. The summed E-state index contributed by atoms with van der Waals surface area (Å²) in [7, 11) is 1.97. The van der Waals surface area contributed by atoms with E-state index in [2.05, 4.69) is 35.3 Å². The van der Waals surface area contributed by atoms with Crippen molar-refractivity contribution in [3.05, 3.63) is 0 Å². The number of nitrogens with zero attached hydrogens (tertiary/aromatic N) is 1. The Morgan fingerprint density at radius 2 is 1.82 bits per heavy atom. The van der Waals surface area contributed by atoms with E-state index in [0.29, 0.717) is 30.3 Å². The summed E-state index contributed by atoms with van der Waals surface area (Å²) >= 11 is 0. The van der Waals surface area contributed by atoms with Crippen LogP contribution in [-0.4, -0.2) is 65.7 Å². The molecule has 192 valence electrons. The number of rotatable bonds is 4. The maximum absolute atomic E-state index is 13.4. The molecule has 2 aliphatic carbocycles. The Labute approximate surface area is 203 Å². The van der Waals surface area contributed by atoms with Gasteiger partial charge in [-0.25, -0.2) is 10.3 Å². The first-order valence-corrected chi connectivity index (χ1v) is 13.3. The monoisotopic (exact) mass is 477 g/mol. The fourth-order valence-corrected chi connectivity index (χ4v) is 7.08. The molecule has 2 saturated carbocycles. The minimum atomic E-state index is -0.444. The average molecular weight is 478 g/mol. The molecule has 4 rings (SSSR count). The second-order valence-corrected chi connectivity index (χ2v) is 11.5. The van der Waals surface area contributed by atoms with Crippen LogP contribution in [-0.2, 0) is 9.59 Å². The zero-order valence-electron chi connectivity index (χ0n) is 20.9. The maximum atomic E-state index is 13.4. The van der Waals surface area contributed by atoms with E-state index in [1.807, 2.05) is 11.9 Å². The van der Waals surface area contributed by atoms with E-state index < -0.39 is 6.03 Å². The van der Waals surface area contributed by atoms with E-state index in [4.69, 9.17) is 5.21 Å². The molecule has 0 radical (unpaired) electrons. The van der Waals surface area contributed by atoms with Crippen LogP contribution in [0.5, 0.6) is 0 Å². The number of carbonyl (C=O) groups is 3. The molecule has 0 aromatic heterocycles. The van der Waals surface area contributed by atoms with Crippen LogP contribution < -0.4 is 21.4 Å². The van der Waals surface area contributed by atoms with Gasteiger partial charge in [-0.1, -0.05) is 13.3 Å². The van der Waals surface area contributed by atoms with E-state index in [9.17, 15) is 14.4 Å². The van der Waals surface area contributed by atoms with Crippen molar-refractivity contribution in [2.45, 2.75) is 95.8 Å². The molecular weight excluding hydrogens is 434 g/mol. The molecule has 0 aromatic rings. The number of amides is 4. The summed E-state index contributed by atoms with van der Waals surface area (Å²) in [5, 5.41) is 18.3. The highest BCUT2D eigenvalue weighted by Gasteiger charge is 2.47. The van der Waals surface area contributed by atoms with Crippen molar-refractivity contribution in [2.75, 3.05) is 13.6 Å². The van der Waals surface area contributed by atoms with Gasteiger partial charge in [-0.05, 0) is 76.0 Å². The molecule has 9 nitrogen and oxygen atoms in total. The summed E-state index contributed by atoms with van der Waals surface area (Å²) < 4.78 is 0. The van der Waals surface area contributed by atoms with Gasteiger partial charge in [0.25, 0.3) is 0 Å². The van der Waals surface area contributed by atoms with Gasteiger partial charge in [-0.3, -0.25) is 14.9 Å². The molecule has 5 N–H and O–H groups in total. The lowest BCUT2D eigenvalue weighted by atomic mass is 9.65. The number of carbonyl (C=O) groups excluding carboxylic acids is 3. The van der Waals surface area contributed by atoms with Crippen molar-refractivity contribution >= 4 is 17.8 Å². The lowest BCUT2D eigenvalue weighted by molar-refractivity contribution is -0.148. The summed E-state index contributed by atoms with van der Waals surface area (Å²) in [5.41, 5.74) is 2.26. The van der Waals surface area contributed by atoms with Gasteiger partial charge in [0.15, 0.2) is 0 Å². The molecule has 0 spiro atoms. The predicted octanol–water partition coefficient (Wildman–Crippen LogP) is 2.00. The van der Waals surface area contributed by atoms with Crippen molar-refractivity contribution in [3.63, 3.8) is 0 Å². The summed E-state index contributed by atoms with van der Waals surface area (Å²) in [5.74, 6) is 0.874. The number of piperidine rings is 2. The number of fused-ring (bicyclic) bond motifs is 1. The Morgan fingerprint density at radius 1 is 1.03 bits per heavy atom. The van der Waals surface area contributed by atoms with Gasteiger partial charge in [-0.15, -0.1) is 0 Å². The molecular formula is C25H43N5O4. The molecule has 34 heavy (non-hydrogen) atoms. The first-order chi connectivity index (χ1) is 16.3. The molecule has 0 bridgehead atoms. The third kappa shape index (κ3) is 5.57. The number of nitrogens with one attached hydrogen (secondary N) is 4. The molecule has 9 unspecified atom stereocenters. The lowest BCUT2D eigenvalue weighted by Crippen LogP contribution is -2.60. The molecule has 2 aliphatic heterocycles. The Morgan fingerprint density at radius 3 is 2.59 bits per heavy atom. The Kier molecular flexibility index (Phi) is 8.15. The van der Waals surface area contributed by atoms with Crippen LogP contribution in [0.2, 0.25) is 0 Å². The molecule has 4 amide bonds. The third-order valence-electron chi connectivity index (χ3n) is 9.16. The molecule has 2 heterocycles. The van der Waals surface area contributed by atoms with Gasteiger partial charge in [0, 0.05) is 49.6 Å². The van der Waals surface area contributed by atoms with Gasteiger partial charge in [0.2, 0.25) is 11.8 Å². The number of likely N-dealkylation sites (tertiary alicyclic amines) is 1. The topological polar surface area (TPSA) is 123 Å². The first-order valence-electron chi connectivity index (χ1n) is 13.3. The van der Waals surface area contributed by atoms with Crippen molar-refractivity contribution in [1.82, 2.24) is 26.3 Å². The van der Waals surface area contributed by atoms with Gasteiger partial charge >= 0.3 is 6.03 Å². The third-order valence-corrected chi connectivity index (χ3v) is 9.16. The maximum Gasteiger partial charge on any atom is 0.321 e. The van der Waals surface area contributed by atoms with Gasteiger partial charge in [-0.2, -0.15) is 0 Å². The van der Waals surface area contributed by atoms with Crippen molar-refractivity contribution < 1.29 is 19.6 Å². The zero-order valence-corrected chi connectivity index (χ0v) is 20.9. The fraction of sp³-hybridized carbons (Fsp3) is 0.880. The first kappa shape index (κ1) is 25.4. The highest BCUT2D eigenvalue weighted by atomic mass is 16.5. The highest BCUT2D eigenvalue weighted by molar-refractivity contribution is 5.95. The quantitative estimate of drug-likeness (QED) is 0.395. The van der Waals surface area contributed by atoms with E-state index in [1.165, 1.54) is 0 Å². The second kappa shape index (κ2) is 10.9. The van der Waals surface area contributed by atoms with E-state index in [-0.39, 0.29) is 41.7 Å². The molecule has 9 heteroatoms.